The van der Waals surface area contributed by atoms with Crippen LogP contribution >= 0.6 is 0 Å². The van der Waals surface area contributed by atoms with Crippen LogP contribution in [0.1, 0.15) is 0 Å². The molecule has 4 aromatic carbocycles. The second-order valence-corrected chi connectivity index (χ2v) is 6.57. The minimum Gasteiger partial charge on any atom is -0.378 e. The highest BCUT2D eigenvalue weighted by atomic mass is 15.1. The first kappa shape index (κ1) is 19.2. The molecule has 0 fully saturated rings. The van der Waals surface area contributed by atoms with Gasteiger partial charge in [0.1, 0.15) is 0 Å². The van der Waals surface area contributed by atoms with Crippen LogP contribution in [0, 0.1) is 0 Å². The Hall–Kier alpha value is -3.52. The lowest BCUT2D eigenvalue weighted by Gasteiger charge is -2.25. The van der Waals surface area contributed by atoms with Crippen molar-refractivity contribution < 1.29 is 0 Å². The summed E-state index contributed by atoms with van der Waals surface area (Å²) in [4.78, 5) is 4.33. The van der Waals surface area contributed by atoms with E-state index in [0.29, 0.717) is 0 Å². The maximum Gasteiger partial charge on any atom is 0.0461 e. The van der Waals surface area contributed by atoms with Crippen LogP contribution in [0.5, 0.6) is 0 Å². The molecule has 0 aliphatic heterocycles. The van der Waals surface area contributed by atoms with Gasteiger partial charge >= 0.3 is 0 Å². The Bertz CT molecular complexity index is 827. The molecule has 4 rings (SSSR count). The third kappa shape index (κ3) is 5.24. The zero-order chi connectivity index (χ0) is 19.6. The average molecular weight is 367 g/mol. The Morgan fingerprint density at radius 2 is 0.607 bits per heavy atom. The Labute approximate surface area is 168 Å². The zero-order valence-corrected chi connectivity index (χ0v) is 16.4. The van der Waals surface area contributed by atoms with Gasteiger partial charge in [0.05, 0.1) is 0 Å². The van der Waals surface area contributed by atoms with E-state index in [0.717, 1.165) is 0 Å². The molecule has 4 aromatic rings. The van der Waals surface area contributed by atoms with Crippen molar-refractivity contribution in [3.63, 3.8) is 0 Å². The molecule has 28 heavy (non-hydrogen) atoms. The molecule has 0 N–H and O–H groups in total. The lowest BCUT2D eigenvalue weighted by molar-refractivity contribution is 1.13. The molecule has 0 saturated heterocycles. The fourth-order valence-electron chi connectivity index (χ4n) is 2.90. The van der Waals surface area contributed by atoms with E-state index in [4.69, 9.17) is 0 Å². The largest absolute Gasteiger partial charge is 0.378 e. The molecule has 0 radical (unpaired) electrons. The molecule has 0 heterocycles. The van der Waals surface area contributed by atoms with Gasteiger partial charge in [0.2, 0.25) is 0 Å². The van der Waals surface area contributed by atoms with Crippen molar-refractivity contribution in [3.8, 4) is 0 Å². The van der Waals surface area contributed by atoms with E-state index in [1.165, 1.54) is 22.7 Å². The van der Waals surface area contributed by atoms with Crippen molar-refractivity contribution in [1.29, 1.82) is 0 Å². The summed E-state index contributed by atoms with van der Waals surface area (Å²) in [6.07, 6.45) is 0. The van der Waals surface area contributed by atoms with Gasteiger partial charge in [0.15, 0.2) is 0 Å². The summed E-state index contributed by atoms with van der Waals surface area (Å²) in [5.74, 6) is 0. The van der Waals surface area contributed by atoms with E-state index < -0.39 is 0 Å². The van der Waals surface area contributed by atoms with Crippen LogP contribution in [0.2, 0.25) is 0 Å². The molecule has 0 aliphatic rings. The van der Waals surface area contributed by atoms with Crippen molar-refractivity contribution in [1.82, 2.24) is 0 Å². The monoisotopic (exact) mass is 366 g/mol. The summed E-state index contributed by atoms with van der Waals surface area (Å²) in [6, 6.07) is 41.5. The van der Waals surface area contributed by atoms with Gasteiger partial charge in [-0.05, 0) is 48.5 Å². The molecule has 0 aromatic heterocycles. The van der Waals surface area contributed by atoms with Gasteiger partial charge in [-0.25, -0.2) is 0 Å². The molecule has 0 aliphatic carbocycles. The summed E-state index contributed by atoms with van der Waals surface area (Å²) >= 11 is 0. The van der Waals surface area contributed by atoms with E-state index >= 15 is 0 Å². The molecule has 0 bridgehead atoms. The van der Waals surface area contributed by atoms with Crippen molar-refractivity contribution in [2.45, 2.75) is 0 Å². The molecule has 0 spiro atoms. The number of hydrogen-bond donors (Lipinski definition) is 0. The smallest absolute Gasteiger partial charge is 0.0461 e. The number of hydrogen-bond acceptors (Lipinski definition) is 2. The minimum absolute atomic E-state index is 1.17. The van der Waals surface area contributed by atoms with Gasteiger partial charge in [0.25, 0.3) is 0 Å². The van der Waals surface area contributed by atoms with Gasteiger partial charge in [-0.2, -0.15) is 0 Å². The fraction of sp³-hybridized carbons (Fsp3) is 0.0769. The summed E-state index contributed by atoms with van der Waals surface area (Å²) in [5, 5.41) is 0. The summed E-state index contributed by atoms with van der Waals surface area (Å²) in [7, 11) is 4.07. The Morgan fingerprint density at radius 1 is 0.357 bits per heavy atom. The van der Waals surface area contributed by atoms with E-state index in [1.54, 1.807) is 0 Å². The van der Waals surface area contributed by atoms with Crippen LogP contribution in [0.4, 0.5) is 22.7 Å². The van der Waals surface area contributed by atoms with Gasteiger partial charge in [-0.15, -0.1) is 0 Å². The van der Waals surface area contributed by atoms with Gasteiger partial charge in [-0.3, -0.25) is 0 Å². The minimum atomic E-state index is 1.17. The van der Waals surface area contributed by atoms with Crippen molar-refractivity contribution in [3.05, 3.63) is 121 Å². The van der Waals surface area contributed by atoms with Crippen LogP contribution in [0.25, 0.3) is 0 Å². The van der Waals surface area contributed by atoms with E-state index in [9.17, 15) is 0 Å². The second-order valence-electron chi connectivity index (χ2n) is 6.57. The SMILES string of the molecule is CN(C)c1ccccc1.c1ccc(N(c2ccccc2)c2ccccc2)cc1. The first-order valence-corrected chi connectivity index (χ1v) is 9.43. The van der Waals surface area contributed by atoms with Crippen LogP contribution in [0.15, 0.2) is 121 Å². The number of benzene rings is 4. The topological polar surface area (TPSA) is 6.48 Å². The van der Waals surface area contributed by atoms with Crippen molar-refractivity contribution >= 4 is 22.7 Å². The van der Waals surface area contributed by atoms with Crippen molar-refractivity contribution in [2.75, 3.05) is 23.9 Å². The summed E-state index contributed by atoms with van der Waals surface area (Å²) < 4.78 is 0. The predicted octanol–water partition coefficient (Wildman–Crippen LogP) is 6.91. The van der Waals surface area contributed by atoms with Crippen LogP contribution in [-0.2, 0) is 0 Å². The maximum atomic E-state index is 2.25. The summed E-state index contributed by atoms with van der Waals surface area (Å²) in [6.45, 7) is 0. The fourth-order valence-corrected chi connectivity index (χ4v) is 2.90. The maximum absolute atomic E-state index is 2.25. The first-order valence-electron chi connectivity index (χ1n) is 9.43. The number of rotatable bonds is 4. The highest BCUT2D eigenvalue weighted by molar-refractivity contribution is 5.76. The van der Waals surface area contributed by atoms with Crippen LogP contribution in [-0.4, -0.2) is 14.1 Å². The normalized spacial score (nSPS) is 9.79. The lowest BCUT2D eigenvalue weighted by atomic mass is 10.2. The summed E-state index contributed by atoms with van der Waals surface area (Å²) in [5.41, 5.74) is 4.75. The van der Waals surface area contributed by atoms with Crippen molar-refractivity contribution in [2.24, 2.45) is 0 Å². The lowest BCUT2D eigenvalue weighted by Crippen LogP contribution is -2.09. The van der Waals surface area contributed by atoms with Crippen LogP contribution < -0.4 is 9.80 Å². The van der Waals surface area contributed by atoms with E-state index in [1.807, 2.05) is 50.5 Å². The number of para-hydroxylation sites is 4. The Morgan fingerprint density at radius 3 is 0.821 bits per heavy atom. The molecular weight excluding hydrogens is 340 g/mol. The van der Waals surface area contributed by atoms with Crippen LogP contribution in [0.3, 0.4) is 0 Å². The Balaban J connectivity index is 0.000000211. The molecule has 2 heteroatoms. The van der Waals surface area contributed by atoms with E-state index in [2.05, 4.69) is 94.7 Å². The van der Waals surface area contributed by atoms with Gasteiger partial charge < -0.3 is 9.80 Å². The molecule has 2 nitrogen and oxygen atoms in total. The molecule has 0 saturated carbocycles. The number of nitrogens with zero attached hydrogens (tertiary/aromatic N) is 2. The van der Waals surface area contributed by atoms with E-state index in [-0.39, 0.29) is 0 Å². The molecule has 0 unspecified atom stereocenters. The molecular formula is C26H26N2. The average Bonchev–Trinajstić information content (AvgIpc) is 2.77. The first-order chi connectivity index (χ1) is 13.8. The quantitative estimate of drug-likeness (QED) is 0.387. The molecule has 140 valence electrons. The zero-order valence-electron chi connectivity index (χ0n) is 16.4. The Kier molecular flexibility index (Phi) is 6.86. The van der Waals surface area contributed by atoms with Gasteiger partial charge in [0, 0.05) is 36.8 Å². The highest BCUT2D eigenvalue weighted by Gasteiger charge is 2.10. The highest BCUT2D eigenvalue weighted by Crippen LogP contribution is 2.33. The predicted molar refractivity (Wildman–Crippen MR) is 122 cm³/mol. The van der Waals surface area contributed by atoms with Gasteiger partial charge in [-0.1, -0.05) is 72.8 Å². The third-order valence-corrected chi connectivity index (χ3v) is 4.32. The number of anilines is 4. The standard InChI is InChI=1S/C18H15N.C8H11N/c1-4-10-16(11-5-1)19(17-12-6-2-7-13-17)18-14-8-3-9-15-18;1-9(2)8-6-4-3-5-7-8/h1-15H;3-7H,1-2H3. The second kappa shape index (κ2) is 9.98. The third-order valence-electron chi connectivity index (χ3n) is 4.32. The molecule has 0 amide bonds. The molecule has 0 atom stereocenters.